The minimum atomic E-state index is -3.17. The van der Waals surface area contributed by atoms with Crippen molar-refractivity contribution in [1.29, 1.82) is 0 Å². The molecule has 1 rings (SSSR count). The molecule has 0 aliphatic rings. The summed E-state index contributed by atoms with van der Waals surface area (Å²) in [7, 11) is -3.17. The van der Waals surface area contributed by atoms with Crippen molar-refractivity contribution in [2.45, 2.75) is 56.2 Å². The van der Waals surface area contributed by atoms with E-state index in [1.165, 1.54) is 19.1 Å². The van der Waals surface area contributed by atoms with Gasteiger partial charge in [-0.25, -0.2) is 8.42 Å². The number of sulfone groups is 1. The second-order valence-electron chi connectivity index (χ2n) is 5.83. The van der Waals surface area contributed by atoms with Crippen LogP contribution >= 0.6 is 0 Å². The largest absolute Gasteiger partial charge is 0.363 e. The highest BCUT2D eigenvalue weighted by molar-refractivity contribution is 7.90. The van der Waals surface area contributed by atoms with Crippen LogP contribution in [-0.2, 0) is 16.3 Å². The van der Waals surface area contributed by atoms with Gasteiger partial charge in [0, 0.05) is 12.7 Å². The fourth-order valence-electron chi connectivity index (χ4n) is 2.18. The Labute approximate surface area is 133 Å². The topological polar surface area (TPSA) is 92.4 Å². The van der Waals surface area contributed by atoms with E-state index in [0.717, 1.165) is 18.4 Å². The second-order valence-corrected chi connectivity index (χ2v) is 7.84. The monoisotopic (exact) mass is 328 g/mol. The molecule has 1 unspecified atom stereocenters. The van der Waals surface area contributed by atoms with Gasteiger partial charge in [0.15, 0.2) is 15.7 Å². The summed E-state index contributed by atoms with van der Waals surface area (Å²) in [6.45, 7) is 2.85. The summed E-state index contributed by atoms with van der Waals surface area (Å²) in [6, 6.07) is 6.68. The second kappa shape index (κ2) is 8.62. The van der Waals surface area contributed by atoms with Crippen molar-refractivity contribution in [2.24, 2.45) is 5.73 Å². The Morgan fingerprint density at radius 1 is 1.18 bits per heavy atom. The van der Waals surface area contributed by atoms with E-state index in [2.05, 4.69) is 12.2 Å². The SMILES string of the molecule is CCCCCCNC(N)(O)CCc1ccc(S(C)(=O)=O)cc1. The van der Waals surface area contributed by atoms with Gasteiger partial charge in [-0.1, -0.05) is 38.3 Å². The van der Waals surface area contributed by atoms with Gasteiger partial charge >= 0.3 is 0 Å². The van der Waals surface area contributed by atoms with Crippen LogP contribution < -0.4 is 11.1 Å². The van der Waals surface area contributed by atoms with E-state index < -0.39 is 15.7 Å². The standard InChI is InChI=1S/C16H28N2O3S/c1-3-4-5-6-13-18-16(17,19)12-11-14-7-9-15(10-8-14)22(2,20)21/h7-10,18-19H,3-6,11-13,17H2,1-2H3. The zero-order chi connectivity index (χ0) is 16.6. The van der Waals surface area contributed by atoms with Crippen LogP contribution in [0.3, 0.4) is 0 Å². The molecule has 0 saturated heterocycles. The molecule has 4 N–H and O–H groups in total. The maximum Gasteiger partial charge on any atom is 0.175 e. The molecule has 1 aromatic carbocycles. The van der Waals surface area contributed by atoms with Gasteiger partial charge in [-0.15, -0.1) is 0 Å². The lowest BCUT2D eigenvalue weighted by Gasteiger charge is -2.24. The molecule has 0 bridgehead atoms. The molecule has 0 spiro atoms. The van der Waals surface area contributed by atoms with Gasteiger partial charge in [-0.2, -0.15) is 0 Å². The van der Waals surface area contributed by atoms with Crippen molar-refractivity contribution in [2.75, 3.05) is 12.8 Å². The molecule has 0 heterocycles. The van der Waals surface area contributed by atoms with Crippen LogP contribution in [0.1, 0.15) is 44.6 Å². The smallest absolute Gasteiger partial charge is 0.175 e. The van der Waals surface area contributed by atoms with E-state index in [1.807, 2.05) is 0 Å². The maximum atomic E-state index is 11.4. The highest BCUT2D eigenvalue weighted by Crippen LogP contribution is 2.13. The number of aliphatic hydroxyl groups is 1. The van der Waals surface area contributed by atoms with E-state index >= 15 is 0 Å². The van der Waals surface area contributed by atoms with Crippen molar-refractivity contribution in [3.05, 3.63) is 29.8 Å². The van der Waals surface area contributed by atoms with E-state index in [1.54, 1.807) is 24.3 Å². The molecule has 1 atom stereocenters. The fourth-order valence-corrected chi connectivity index (χ4v) is 2.81. The van der Waals surface area contributed by atoms with Crippen molar-refractivity contribution < 1.29 is 13.5 Å². The van der Waals surface area contributed by atoms with Crippen LogP contribution in [0.15, 0.2) is 29.2 Å². The lowest BCUT2D eigenvalue weighted by molar-refractivity contribution is 0.00335. The number of benzene rings is 1. The maximum absolute atomic E-state index is 11.4. The summed E-state index contributed by atoms with van der Waals surface area (Å²) in [5.74, 6) is -1.39. The lowest BCUT2D eigenvalue weighted by atomic mass is 10.1. The van der Waals surface area contributed by atoms with Gasteiger partial charge in [0.05, 0.1) is 4.90 Å². The summed E-state index contributed by atoms with van der Waals surface area (Å²) in [6.07, 6.45) is 6.64. The minimum Gasteiger partial charge on any atom is -0.363 e. The van der Waals surface area contributed by atoms with Crippen molar-refractivity contribution in [3.8, 4) is 0 Å². The van der Waals surface area contributed by atoms with E-state index in [4.69, 9.17) is 5.73 Å². The van der Waals surface area contributed by atoms with E-state index in [0.29, 0.717) is 24.3 Å². The number of nitrogens with one attached hydrogen (secondary N) is 1. The van der Waals surface area contributed by atoms with Gasteiger partial charge in [0.25, 0.3) is 0 Å². The van der Waals surface area contributed by atoms with Crippen molar-refractivity contribution >= 4 is 9.84 Å². The summed E-state index contributed by atoms with van der Waals surface area (Å²) in [4.78, 5) is 0.299. The van der Waals surface area contributed by atoms with Crippen molar-refractivity contribution in [3.63, 3.8) is 0 Å². The molecule has 126 valence electrons. The molecule has 0 aromatic heterocycles. The summed E-state index contributed by atoms with van der Waals surface area (Å²) in [5.41, 5.74) is 6.78. The number of unbranched alkanes of at least 4 members (excludes halogenated alkanes) is 3. The third kappa shape index (κ3) is 7.35. The normalized spacial score (nSPS) is 14.7. The van der Waals surface area contributed by atoms with Gasteiger partial charge < -0.3 is 5.11 Å². The highest BCUT2D eigenvalue weighted by Gasteiger charge is 2.19. The van der Waals surface area contributed by atoms with E-state index in [-0.39, 0.29) is 0 Å². The predicted molar refractivity (Wildman–Crippen MR) is 89.2 cm³/mol. The predicted octanol–water partition coefficient (Wildman–Crippen LogP) is 1.80. The number of rotatable bonds is 10. The quantitative estimate of drug-likeness (QED) is 0.450. The molecule has 6 heteroatoms. The first-order valence-electron chi connectivity index (χ1n) is 7.80. The third-order valence-corrected chi connectivity index (χ3v) is 4.74. The molecule has 0 radical (unpaired) electrons. The van der Waals surface area contributed by atoms with Gasteiger partial charge in [0.1, 0.15) is 0 Å². The average Bonchev–Trinajstić information content (AvgIpc) is 2.44. The van der Waals surface area contributed by atoms with Crippen LogP contribution in [-0.4, -0.2) is 32.2 Å². The van der Waals surface area contributed by atoms with Gasteiger partial charge in [0.2, 0.25) is 0 Å². The molecule has 0 amide bonds. The summed E-state index contributed by atoms with van der Waals surface area (Å²) < 4.78 is 22.8. The Hall–Kier alpha value is -0.950. The Morgan fingerprint density at radius 2 is 1.82 bits per heavy atom. The van der Waals surface area contributed by atoms with Crippen LogP contribution in [0.4, 0.5) is 0 Å². The van der Waals surface area contributed by atoms with Gasteiger partial charge in [-0.05, 0) is 37.1 Å². The van der Waals surface area contributed by atoms with Crippen LogP contribution in [0.2, 0.25) is 0 Å². The first-order valence-corrected chi connectivity index (χ1v) is 9.69. The zero-order valence-corrected chi connectivity index (χ0v) is 14.3. The molecule has 0 saturated carbocycles. The average molecular weight is 328 g/mol. The van der Waals surface area contributed by atoms with Crippen LogP contribution in [0.5, 0.6) is 0 Å². The number of nitrogens with two attached hydrogens (primary N) is 1. The third-order valence-electron chi connectivity index (χ3n) is 3.61. The van der Waals surface area contributed by atoms with E-state index in [9.17, 15) is 13.5 Å². The molecule has 22 heavy (non-hydrogen) atoms. The van der Waals surface area contributed by atoms with Crippen LogP contribution in [0.25, 0.3) is 0 Å². The minimum absolute atomic E-state index is 0.299. The molecule has 5 nitrogen and oxygen atoms in total. The Balaban J connectivity index is 2.40. The molecule has 0 aliphatic carbocycles. The zero-order valence-electron chi connectivity index (χ0n) is 13.5. The molecular weight excluding hydrogens is 300 g/mol. The first-order chi connectivity index (χ1) is 10.2. The number of aryl methyl sites for hydroxylation is 1. The molecule has 1 aromatic rings. The van der Waals surface area contributed by atoms with Gasteiger partial charge in [-0.3, -0.25) is 11.1 Å². The fraction of sp³-hybridized carbons (Fsp3) is 0.625. The summed E-state index contributed by atoms with van der Waals surface area (Å²) >= 11 is 0. The van der Waals surface area contributed by atoms with Crippen LogP contribution in [0, 0.1) is 0 Å². The number of hydrogen-bond acceptors (Lipinski definition) is 5. The Kier molecular flexibility index (Phi) is 7.48. The first kappa shape index (κ1) is 19.1. The molecule has 0 fully saturated rings. The number of hydrogen-bond donors (Lipinski definition) is 3. The van der Waals surface area contributed by atoms with Crippen molar-refractivity contribution in [1.82, 2.24) is 5.32 Å². The molecular formula is C16H28N2O3S. The molecule has 0 aliphatic heterocycles. The Bertz CT molecular complexity index is 539. The Morgan fingerprint density at radius 3 is 2.36 bits per heavy atom. The lowest BCUT2D eigenvalue weighted by Crippen LogP contribution is -2.54. The summed E-state index contributed by atoms with van der Waals surface area (Å²) in [5, 5.41) is 13.0. The highest BCUT2D eigenvalue weighted by atomic mass is 32.2.